The van der Waals surface area contributed by atoms with Crippen molar-refractivity contribution in [3.63, 3.8) is 0 Å². The van der Waals surface area contributed by atoms with Gasteiger partial charge in [0.05, 0.1) is 0 Å². The molecular weight excluding hydrogens is 74.1 g/mol. The molecule has 0 bridgehead atoms. The first-order valence-corrected chi connectivity index (χ1v) is 2.19. The topological polar surface area (TPSA) is 12.0 Å². The Bertz CT molecular complexity index is 65.3. The van der Waals surface area contributed by atoms with Crippen molar-refractivity contribution in [3.8, 4) is 0 Å². The molecule has 0 amide bonds. The number of hydrogen-bond donors (Lipinski definition) is 1. The molecule has 0 aromatic carbocycles. The van der Waals surface area contributed by atoms with Crippen LogP contribution in [-0.2, 0) is 0 Å². The highest BCUT2D eigenvalue weighted by atomic mass is 14.9. The molecule has 0 rings (SSSR count). The lowest BCUT2D eigenvalue weighted by molar-refractivity contribution is 0.613. The summed E-state index contributed by atoms with van der Waals surface area (Å²) >= 11 is 0. The van der Waals surface area contributed by atoms with Crippen LogP contribution in [0.1, 0.15) is 23.5 Å². The Kier molecular flexibility index (Phi) is 1.59. The van der Waals surface area contributed by atoms with Crippen LogP contribution in [0.5, 0.6) is 0 Å². The van der Waals surface area contributed by atoms with Gasteiger partial charge in [-0.05, 0) is 6.50 Å². The van der Waals surface area contributed by atoms with Crippen molar-refractivity contribution in [1.29, 1.82) is 0 Å². The first-order chi connectivity index (χ1) is 3.42. The summed E-state index contributed by atoms with van der Waals surface area (Å²) in [6, 6.07) is 0.218. The summed E-state index contributed by atoms with van der Waals surface area (Å²) in [4.78, 5) is 0. The van der Waals surface area contributed by atoms with E-state index in [4.69, 9.17) is 2.74 Å². The van der Waals surface area contributed by atoms with Gasteiger partial charge in [-0.2, -0.15) is 0 Å². The summed E-state index contributed by atoms with van der Waals surface area (Å²) in [5, 5.41) is 2.72. The van der Waals surface area contributed by atoms with Crippen LogP contribution >= 0.6 is 0 Å². The van der Waals surface area contributed by atoms with Crippen molar-refractivity contribution in [2.45, 2.75) is 26.8 Å². The second-order valence-electron chi connectivity index (χ2n) is 1.55. The fourth-order valence-electron chi connectivity index (χ4n) is 0.289. The first-order valence-electron chi connectivity index (χ1n) is 3.19. The molecule has 0 aliphatic carbocycles. The normalized spacial score (nSPS) is 17.3. The predicted molar refractivity (Wildman–Crippen MR) is 28.8 cm³/mol. The van der Waals surface area contributed by atoms with Gasteiger partial charge in [-0.25, -0.2) is 0 Å². The van der Waals surface area contributed by atoms with Crippen molar-refractivity contribution < 1.29 is 2.74 Å². The van der Waals surface area contributed by atoms with E-state index in [0.29, 0.717) is 0 Å². The molecule has 0 aliphatic rings. The molecule has 0 aromatic rings. The molecule has 0 aliphatic heterocycles. The van der Waals surface area contributed by atoms with Crippen LogP contribution in [0.25, 0.3) is 0 Å². The predicted octanol–water partition coefficient (Wildman–Crippen LogP) is 1.00. The average molecular weight is 89.2 g/mol. The van der Waals surface area contributed by atoms with Crippen LogP contribution < -0.4 is 5.32 Å². The van der Waals surface area contributed by atoms with Gasteiger partial charge in [0.2, 0.25) is 0 Å². The maximum Gasteiger partial charge on any atom is 0.0425 e. The Balaban J connectivity index is 3.39. The van der Waals surface area contributed by atoms with Gasteiger partial charge in [0, 0.05) is 8.78 Å². The zero-order valence-corrected chi connectivity index (χ0v) is 4.58. The molecule has 0 unspecified atom stereocenters. The third-order valence-electron chi connectivity index (χ3n) is 0.433. The third-order valence-corrected chi connectivity index (χ3v) is 0.433. The zero-order valence-electron chi connectivity index (χ0n) is 6.58. The van der Waals surface area contributed by atoms with Crippen LogP contribution in [0.4, 0.5) is 0 Å². The average Bonchev–Trinajstić information content (AvgIpc) is 1.21. The summed E-state index contributed by atoms with van der Waals surface area (Å²) in [5.41, 5.74) is 0. The van der Waals surface area contributed by atoms with Crippen LogP contribution in [-0.4, -0.2) is 12.5 Å². The highest BCUT2D eigenvalue weighted by molar-refractivity contribution is 4.46. The number of rotatable bonds is 2. The molecule has 38 valence electrons. The number of nitrogens with one attached hydrogen (secondary N) is 1. The Morgan fingerprint density at radius 3 is 2.33 bits per heavy atom. The summed E-state index contributed by atoms with van der Waals surface area (Å²) < 4.78 is 14.0. The monoisotopic (exact) mass is 89.1 g/mol. The summed E-state index contributed by atoms with van der Waals surface area (Å²) in [5.74, 6) is 0. The molecule has 0 aromatic heterocycles. The molecule has 0 spiro atoms. The molecule has 6 heavy (non-hydrogen) atoms. The molecule has 1 nitrogen and oxygen atoms in total. The Morgan fingerprint density at radius 2 is 2.33 bits per heavy atom. The lowest BCUT2D eigenvalue weighted by Crippen LogP contribution is -2.21. The molecule has 0 saturated carbocycles. The van der Waals surface area contributed by atoms with Crippen LogP contribution in [0, 0.1) is 0 Å². The third kappa shape index (κ3) is 3.96. The lowest BCUT2D eigenvalue weighted by Gasteiger charge is -2.00. The molecule has 0 heterocycles. The quantitative estimate of drug-likeness (QED) is 0.532. The summed E-state index contributed by atoms with van der Waals surface area (Å²) in [6.07, 6.45) is 0. The highest BCUT2D eigenvalue weighted by Crippen LogP contribution is 1.70. The van der Waals surface area contributed by atoms with E-state index in [2.05, 4.69) is 5.32 Å². The molecule has 1 heteroatoms. The molecule has 0 fully saturated rings. The SMILES string of the molecule is [2H]C([2H])(C)NC(C)C. The van der Waals surface area contributed by atoms with E-state index in [-0.39, 0.29) is 6.04 Å². The zero-order chi connectivity index (χ0) is 6.78. The van der Waals surface area contributed by atoms with Crippen LogP contribution in [0.2, 0.25) is 0 Å². The molecule has 0 saturated heterocycles. The second kappa shape index (κ2) is 3.16. The smallest absolute Gasteiger partial charge is 0.0425 e. The fourth-order valence-corrected chi connectivity index (χ4v) is 0.289. The van der Waals surface area contributed by atoms with Gasteiger partial charge in [0.1, 0.15) is 0 Å². The minimum absolute atomic E-state index is 0.218. The maximum absolute atomic E-state index is 7.02. The van der Waals surface area contributed by atoms with E-state index in [9.17, 15) is 0 Å². The summed E-state index contributed by atoms with van der Waals surface area (Å²) in [6.45, 7) is 4.11. The van der Waals surface area contributed by atoms with Crippen molar-refractivity contribution in [2.24, 2.45) is 0 Å². The van der Waals surface area contributed by atoms with Crippen molar-refractivity contribution in [1.82, 2.24) is 5.32 Å². The Hall–Kier alpha value is -0.0400. The van der Waals surface area contributed by atoms with Crippen molar-refractivity contribution in [2.75, 3.05) is 6.50 Å². The molecule has 0 atom stereocenters. The summed E-state index contributed by atoms with van der Waals surface area (Å²) in [7, 11) is 0. The lowest BCUT2D eigenvalue weighted by atomic mass is 10.4. The van der Waals surface area contributed by atoms with Gasteiger partial charge in [-0.3, -0.25) is 0 Å². The van der Waals surface area contributed by atoms with Gasteiger partial charge in [0.15, 0.2) is 0 Å². The largest absolute Gasteiger partial charge is 0.315 e. The van der Waals surface area contributed by atoms with Gasteiger partial charge in [-0.1, -0.05) is 20.8 Å². The first kappa shape index (κ1) is 3.03. The van der Waals surface area contributed by atoms with Crippen molar-refractivity contribution in [3.05, 3.63) is 0 Å². The van der Waals surface area contributed by atoms with Gasteiger partial charge < -0.3 is 5.32 Å². The minimum atomic E-state index is -1.23. The van der Waals surface area contributed by atoms with E-state index < -0.39 is 6.50 Å². The Morgan fingerprint density at radius 1 is 1.83 bits per heavy atom. The van der Waals surface area contributed by atoms with Gasteiger partial charge in [-0.15, -0.1) is 0 Å². The maximum atomic E-state index is 7.02. The highest BCUT2D eigenvalue weighted by Gasteiger charge is 1.82. The van der Waals surface area contributed by atoms with E-state index in [1.807, 2.05) is 13.8 Å². The van der Waals surface area contributed by atoms with E-state index in [0.717, 1.165) is 0 Å². The van der Waals surface area contributed by atoms with Crippen molar-refractivity contribution >= 4 is 0 Å². The molecule has 1 N–H and O–H groups in total. The molecular formula is C5H13N. The van der Waals surface area contributed by atoms with Crippen LogP contribution in [0.15, 0.2) is 0 Å². The van der Waals surface area contributed by atoms with Gasteiger partial charge in [0.25, 0.3) is 0 Å². The van der Waals surface area contributed by atoms with E-state index in [1.54, 1.807) is 0 Å². The van der Waals surface area contributed by atoms with E-state index >= 15 is 0 Å². The fraction of sp³-hybridized carbons (Fsp3) is 1.00. The van der Waals surface area contributed by atoms with Crippen LogP contribution in [0.3, 0.4) is 0 Å². The van der Waals surface area contributed by atoms with E-state index in [1.165, 1.54) is 6.92 Å². The standard InChI is InChI=1S/C5H13N/c1-4-6-5(2)3/h5-6H,4H2,1-3H3/i4D2. The van der Waals surface area contributed by atoms with Gasteiger partial charge >= 0.3 is 0 Å². The minimum Gasteiger partial charge on any atom is -0.315 e. The Labute approximate surface area is 42.6 Å². The second-order valence-corrected chi connectivity index (χ2v) is 1.55. The number of hydrogen-bond acceptors (Lipinski definition) is 1. The molecule has 0 radical (unpaired) electrons.